The summed E-state index contributed by atoms with van der Waals surface area (Å²) < 4.78 is 44.1. The molecule has 3 nitrogen and oxygen atoms in total. The number of halogens is 2. The first-order valence-corrected chi connectivity index (χ1v) is 5.37. The van der Waals surface area contributed by atoms with Crippen LogP contribution in [0.5, 0.6) is 0 Å². The third kappa shape index (κ3) is 6.21. The van der Waals surface area contributed by atoms with E-state index in [1.54, 1.807) is 0 Å². The molecule has 6 heteroatoms. The van der Waals surface area contributed by atoms with Crippen molar-refractivity contribution in [3.63, 3.8) is 0 Å². The van der Waals surface area contributed by atoms with Gasteiger partial charge in [-0.2, -0.15) is 0 Å². The number of alkyl halides is 2. The Kier molecular flexibility index (Phi) is 4.30. The Morgan fingerprint density at radius 2 is 1.92 bits per heavy atom. The van der Waals surface area contributed by atoms with Gasteiger partial charge in [0, 0.05) is 12.7 Å². The maximum atomic E-state index is 11.5. The van der Waals surface area contributed by atoms with Crippen LogP contribution in [0.1, 0.15) is 12.8 Å². The average Bonchev–Trinajstić information content (AvgIpc) is 1.84. The van der Waals surface area contributed by atoms with Crippen molar-refractivity contribution in [2.75, 3.05) is 12.0 Å². The van der Waals surface area contributed by atoms with Gasteiger partial charge in [-0.15, -0.1) is 0 Å². The van der Waals surface area contributed by atoms with Crippen molar-refractivity contribution in [1.82, 2.24) is 0 Å². The summed E-state index contributed by atoms with van der Waals surface area (Å²) in [5, 5.41) is 0. The Balaban J connectivity index is 3.66. The average molecular weight is 200 g/mol. The summed E-state index contributed by atoms with van der Waals surface area (Å²) in [5.41, 5.74) is 0. The normalized spacial score (nSPS) is 12.0. The van der Waals surface area contributed by atoms with Gasteiger partial charge in [0.25, 0.3) is 6.43 Å². The predicted octanol–water partition coefficient (Wildman–Crippen LogP) is 0.645. The van der Waals surface area contributed by atoms with Crippen molar-refractivity contribution in [2.24, 2.45) is 0 Å². The van der Waals surface area contributed by atoms with Crippen molar-refractivity contribution < 1.29 is 22.0 Å². The summed E-state index contributed by atoms with van der Waals surface area (Å²) >= 11 is 0. The van der Waals surface area contributed by atoms with Gasteiger partial charge in [0.1, 0.15) is 9.84 Å². The number of hydrogen-bond donors (Lipinski definition) is 0. The van der Waals surface area contributed by atoms with Gasteiger partial charge in [-0.05, 0) is 6.42 Å². The van der Waals surface area contributed by atoms with E-state index in [4.69, 9.17) is 0 Å². The smallest absolute Gasteiger partial charge is 0.293 e. The summed E-state index contributed by atoms with van der Waals surface area (Å²) in [6.07, 6.45) is -2.38. The first kappa shape index (κ1) is 11.5. The van der Waals surface area contributed by atoms with Crippen LogP contribution in [-0.4, -0.2) is 32.6 Å². The van der Waals surface area contributed by atoms with E-state index < -0.39 is 22.0 Å². The summed E-state index contributed by atoms with van der Waals surface area (Å²) in [6.45, 7) is 0. The summed E-state index contributed by atoms with van der Waals surface area (Å²) in [7, 11) is -3.14. The van der Waals surface area contributed by atoms with Gasteiger partial charge in [0.15, 0.2) is 5.78 Å². The minimum atomic E-state index is -3.14. The number of sulfone groups is 1. The van der Waals surface area contributed by atoms with Gasteiger partial charge in [-0.3, -0.25) is 4.79 Å². The molecule has 0 bridgehead atoms. The lowest BCUT2D eigenvalue weighted by Crippen LogP contribution is -2.12. The highest BCUT2D eigenvalue weighted by Gasteiger charge is 2.15. The molecule has 72 valence electrons. The Hall–Kier alpha value is -0.520. The van der Waals surface area contributed by atoms with Gasteiger partial charge in [0.05, 0.1) is 5.75 Å². The number of carbonyl (C=O) groups excluding carboxylic acids is 1. The molecule has 0 radical (unpaired) electrons. The van der Waals surface area contributed by atoms with Crippen LogP contribution in [0, 0.1) is 0 Å². The number of hydrogen-bond acceptors (Lipinski definition) is 3. The van der Waals surface area contributed by atoms with Crippen molar-refractivity contribution in [3.8, 4) is 0 Å². The molecule has 0 fully saturated rings. The zero-order chi connectivity index (χ0) is 9.78. The maximum Gasteiger partial charge on any atom is 0.295 e. The van der Waals surface area contributed by atoms with Gasteiger partial charge in [0.2, 0.25) is 0 Å². The fourth-order valence-corrected chi connectivity index (χ4v) is 1.29. The van der Waals surface area contributed by atoms with Crippen molar-refractivity contribution >= 4 is 15.6 Å². The van der Waals surface area contributed by atoms with Crippen LogP contribution >= 0.6 is 0 Å². The first-order valence-electron chi connectivity index (χ1n) is 3.31. The van der Waals surface area contributed by atoms with E-state index in [9.17, 15) is 22.0 Å². The van der Waals surface area contributed by atoms with E-state index in [2.05, 4.69) is 0 Å². The molecule has 0 N–H and O–H groups in total. The monoisotopic (exact) mass is 200 g/mol. The molecule has 0 amide bonds. The highest BCUT2D eigenvalue weighted by molar-refractivity contribution is 7.90. The van der Waals surface area contributed by atoms with Crippen LogP contribution in [0.15, 0.2) is 0 Å². The van der Waals surface area contributed by atoms with E-state index in [-0.39, 0.29) is 18.6 Å². The maximum absolute atomic E-state index is 11.5. The predicted molar refractivity (Wildman–Crippen MR) is 40.0 cm³/mol. The zero-order valence-electron chi connectivity index (χ0n) is 6.59. The lowest BCUT2D eigenvalue weighted by Gasteiger charge is -1.97. The second-order valence-electron chi connectivity index (χ2n) is 2.50. The van der Waals surface area contributed by atoms with Crippen LogP contribution in [0.2, 0.25) is 0 Å². The number of rotatable bonds is 5. The number of ketones is 1. The Labute approximate surface area is 69.7 Å². The molecule has 0 spiro atoms. The van der Waals surface area contributed by atoms with Gasteiger partial charge in [-0.25, -0.2) is 17.2 Å². The van der Waals surface area contributed by atoms with Crippen LogP contribution in [-0.2, 0) is 14.6 Å². The van der Waals surface area contributed by atoms with E-state index in [0.717, 1.165) is 6.26 Å². The summed E-state index contributed by atoms with van der Waals surface area (Å²) in [4.78, 5) is 10.3. The highest BCUT2D eigenvalue weighted by Crippen LogP contribution is 2.02. The standard InChI is InChI=1S/C6H10F2O3S/c1-12(10,11)4-2-3-5(9)6(7)8/h6H,2-4H2,1H3. The van der Waals surface area contributed by atoms with Crippen LogP contribution in [0.4, 0.5) is 8.78 Å². The quantitative estimate of drug-likeness (QED) is 0.654. The molecule has 0 aliphatic heterocycles. The Morgan fingerprint density at radius 3 is 2.25 bits per heavy atom. The van der Waals surface area contributed by atoms with Gasteiger partial charge < -0.3 is 0 Å². The molecule has 0 saturated carbocycles. The summed E-state index contributed by atoms with van der Waals surface area (Å²) in [6, 6.07) is 0. The fourth-order valence-electron chi connectivity index (χ4n) is 0.618. The van der Waals surface area contributed by atoms with Crippen LogP contribution < -0.4 is 0 Å². The van der Waals surface area contributed by atoms with E-state index in [1.165, 1.54) is 0 Å². The molecular weight excluding hydrogens is 190 g/mol. The van der Waals surface area contributed by atoms with E-state index in [0.29, 0.717) is 0 Å². The molecule has 0 saturated heterocycles. The lowest BCUT2D eigenvalue weighted by molar-refractivity contribution is -0.129. The SMILES string of the molecule is CS(=O)(=O)CCCC(=O)C(F)F. The highest BCUT2D eigenvalue weighted by atomic mass is 32.2. The van der Waals surface area contributed by atoms with E-state index in [1.807, 2.05) is 0 Å². The number of carbonyl (C=O) groups is 1. The molecule has 0 aromatic heterocycles. The lowest BCUT2D eigenvalue weighted by atomic mass is 10.2. The Morgan fingerprint density at radius 1 is 1.42 bits per heavy atom. The molecule has 0 unspecified atom stereocenters. The molecule has 0 aliphatic carbocycles. The topological polar surface area (TPSA) is 51.2 Å². The second kappa shape index (κ2) is 4.49. The van der Waals surface area contributed by atoms with Crippen molar-refractivity contribution in [3.05, 3.63) is 0 Å². The van der Waals surface area contributed by atoms with Crippen LogP contribution in [0.25, 0.3) is 0 Å². The second-order valence-corrected chi connectivity index (χ2v) is 4.76. The van der Waals surface area contributed by atoms with E-state index >= 15 is 0 Å². The largest absolute Gasteiger partial charge is 0.295 e. The molecule has 0 rings (SSSR count). The fraction of sp³-hybridized carbons (Fsp3) is 0.833. The first-order chi connectivity index (χ1) is 5.33. The molecule has 0 heterocycles. The van der Waals surface area contributed by atoms with Crippen LogP contribution in [0.3, 0.4) is 0 Å². The minimum Gasteiger partial charge on any atom is -0.293 e. The van der Waals surface area contributed by atoms with Gasteiger partial charge >= 0.3 is 0 Å². The van der Waals surface area contributed by atoms with Crippen molar-refractivity contribution in [2.45, 2.75) is 19.3 Å². The molecule has 0 atom stereocenters. The summed E-state index contributed by atoms with van der Waals surface area (Å²) in [5.74, 6) is -1.41. The Bertz CT molecular complexity index is 246. The minimum absolute atomic E-state index is 0.0258. The molecule has 0 aromatic rings. The molecule has 12 heavy (non-hydrogen) atoms. The molecule has 0 aromatic carbocycles. The molecular formula is C6H10F2O3S. The zero-order valence-corrected chi connectivity index (χ0v) is 7.40. The number of Topliss-reactive ketones (excluding diaryl/α,β-unsaturated/α-hetero) is 1. The third-order valence-electron chi connectivity index (χ3n) is 1.18. The van der Waals surface area contributed by atoms with Gasteiger partial charge in [-0.1, -0.05) is 0 Å². The third-order valence-corrected chi connectivity index (χ3v) is 2.21. The van der Waals surface area contributed by atoms with Crippen molar-refractivity contribution in [1.29, 1.82) is 0 Å². The molecule has 0 aliphatic rings.